The second-order valence-electron chi connectivity index (χ2n) is 4.92. The molecule has 4 heteroatoms. The van der Waals surface area contributed by atoms with Gasteiger partial charge < -0.3 is 4.90 Å². The summed E-state index contributed by atoms with van der Waals surface area (Å²) >= 11 is 1.45. The number of carbonyl (C=O) groups excluding carboxylic acids is 1. The number of piperidine rings is 1. The van der Waals surface area contributed by atoms with Gasteiger partial charge in [0.25, 0.3) is 5.91 Å². The summed E-state index contributed by atoms with van der Waals surface area (Å²) in [5, 5.41) is 0. The Balaban J connectivity index is 2.13. The lowest BCUT2D eigenvalue weighted by molar-refractivity contribution is 0.0627. The summed E-state index contributed by atoms with van der Waals surface area (Å²) in [6, 6.07) is 0. The number of carbonyl (C=O) groups is 1. The summed E-state index contributed by atoms with van der Waals surface area (Å²) in [6.07, 6.45) is 1.23. The van der Waals surface area contributed by atoms with Crippen LogP contribution in [0.5, 0.6) is 0 Å². The summed E-state index contributed by atoms with van der Waals surface area (Å²) in [7, 11) is 0. The summed E-state index contributed by atoms with van der Waals surface area (Å²) in [5.41, 5.74) is 2.61. The number of amides is 1. The van der Waals surface area contributed by atoms with E-state index in [9.17, 15) is 4.79 Å². The monoisotopic (exact) mass is 238 g/mol. The van der Waals surface area contributed by atoms with Crippen LogP contribution in [0.15, 0.2) is 5.51 Å². The molecule has 1 amide bonds. The van der Waals surface area contributed by atoms with Crippen LogP contribution in [-0.2, 0) is 0 Å². The van der Waals surface area contributed by atoms with Crippen LogP contribution in [-0.4, -0.2) is 28.9 Å². The summed E-state index contributed by atoms with van der Waals surface area (Å²) < 4.78 is 0. The van der Waals surface area contributed by atoms with E-state index in [0.717, 1.165) is 23.7 Å². The van der Waals surface area contributed by atoms with E-state index in [1.54, 1.807) is 5.51 Å². The first-order valence-electron chi connectivity index (χ1n) is 5.77. The zero-order valence-electron chi connectivity index (χ0n) is 10.1. The average Bonchev–Trinajstić information content (AvgIpc) is 2.62. The third kappa shape index (κ3) is 2.26. The normalized spacial score (nSPS) is 25.8. The number of aryl methyl sites for hydroxylation is 1. The Morgan fingerprint density at radius 1 is 1.44 bits per heavy atom. The van der Waals surface area contributed by atoms with Crippen LogP contribution in [0.2, 0.25) is 0 Å². The zero-order chi connectivity index (χ0) is 11.7. The summed E-state index contributed by atoms with van der Waals surface area (Å²) in [5.74, 6) is 1.39. The first kappa shape index (κ1) is 11.6. The number of hydrogen-bond donors (Lipinski definition) is 0. The largest absolute Gasteiger partial charge is 0.337 e. The first-order valence-corrected chi connectivity index (χ1v) is 6.65. The van der Waals surface area contributed by atoms with Crippen LogP contribution >= 0.6 is 11.3 Å². The lowest BCUT2D eigenvalue weighted by Crippen LogP contribution is -2.42. The Morgan fingerprint density at radius 2 is 2.06 bits per heavy atom. The van der Waals surface area contributed by atoms with Crippen LogP contribution in [0.25, 0.3) is 0 Å². The second-order valence-corrected chi connectivity index (χ2v) is 5.78. The molecule has 0 aliphatic carbocycles. The molecule has 2 atom stereocenters. The van der Waals surface area contributed by atoms with Crippen molar-refractivity contribution < 1.29 is 4.79 Å². The van der Waals surface area contributed by atoms with Gasteiger partial charge in [-0.25, -0.2) is 4.98 Å². The van der Waals surface area contributed by atoms with Crippen molar-refractivity contribution in [3.05, 3.63) is 16.1 Å². The molecule has 2 rings (SSSR count). The molecule has 1 aromatic rings. The van der Waals surface area contributed by atoms with Gasteiger partial charge in [-0.1, -0.05) is 13.8 Å². The minimum absolute atomic E-state index is 0.165. The fourth-order valence-corrected chi connectivity index (χ4v) is 3.25. The van der Waals surface area contributed by atoms with E-state index in [2.05, 4.69) is 18.8 Å². The van der Waals surface area contributed by atoms with Gasteiger partial charge >= 0.3 is 0 Å². The molecule has 1 aliphatic heterocycles. The Morgan fingerprint density at radius 3 is 2.56 bits per heavy atom. The van der Waals surface area contributed by atoms with Crippen LogP contribution in [0.1, 0.15) is 35.6 Å². The number of nitrogens with zero attached hydrogens (tertiary/aromatic N) is 2. The summed E-state index contributed by atoms with van der Waals surface area (Å²) in [4.78, 5) is 19.2. The van der Waals surface area contributed by atoms with Gasteiger partial charge in [-0.15, -0.1) is 11.3 Å². The van der Waals surface area contributed by atoms with E-state index in [1.165, 1.54) is 17.8 Å². The predicted molar refractivity (Wildman–Crippen MR) is 65.7 cm³/mol. The molecule has 0 saturated carbocycles. The molecule has 0 N–H and O–H groups in total. The van der Waals surface area contributed by atoms with Crippen LogP contribution in [0.4, 0.5) is 0 Å². The van der Waals surface area contributed by atoms with Crippen molar-refractivity contribution in [1.82, 2.24) is 9.88 Å². The Kier molecular flexibility index (Phi) is 3.28. The third-order valence-electron chi connectivity index (χ3n) is 3.10. The quantitative estimate of drug-likeness (QED) is 0.753. The highest BCUT2D eigenvalue weighted by Crippen LogP contribution is 2.24. The molecule has 0 aromatic carbocycles. The molecule has 16 heavy (non-hydrogen) atoms. The van der Waals surface area contributed by atoms with E-state index in [1.807, 2.05) is 11.8 Å². The fourth-order valence-electron chi connectivity index (χ4n) is 2.48. The van der Waals surface area contributed by atoms with E-state index in [4.69, 9.17) is 0 Å². The Bertz CT molecular complexity index is 378. The molecule has 1 fully saturated rings. The molecule has 3 nitrogen and oxygen atoms in total. The molecule has 0 spiro atoms. The highest BCUT2D eigenvalue weighted by Gasteiger charge is 2.27. The highest BCUT2D eigenvalue weighted by atomic mass is 32.1. The van der Waals surface area contributed by atoms with E-state index < -0.39 is 0 Å². The van der Waals surface area contributed by atoms with Crippen molar-refractivity contribution >= 4 is 17.2 Å². The molecule has 88 valence electrons. The van der Waals surface area contributed by atoms with E-state index in [0.29, 0.717) is 11.8 Å². The maximum atomic E-state index is 12.3. The van der Waals surface area contributed by atoms with Crippen molar-refractivity contribution in [2.24, 2.45) is 11.8 Å². The van der Waals surface area contributed by atoms with Crippen molar-refractivity contribution in [2.45, 2.75) is 27.2 Å². The van der Waals surface area contributed by atoms with E-state index >= 15 is 0 Å². The lowest BCUT2D eigenvalue weighted by Gasteiger charge is -2.34. The minimum Gasteiger partial charge on any atom is -0.337 e. The third-order valence-corrected chi connectivity index (χ3v) is 4.01. The van der Waals surface area contributed by atoms with Gasteiger partial charge in [-0.2, -0.15) is 0 Å². The molecular formula is C12H18N2OS. The topological polar surface area (TPSA) is 33.2 Å². The minimum atomic E-state index is 0.165. The van der Waals surface area contributed by atoms with Gasteiger partial charge in [-0.3, -0.25) is 4.79 Å². The maximum absolute atomic E-state index is 12.3. The number of hydrogen-bond acceptors (Lipinski definition) is 3. The van der Waals surface area contributed by atoms with E-state index in [-0.39, 0.29) is 5.91 Å². The zero-order valence-corrected chi connectivity index (χ0v) is 10.9. The van der Waals surface area contributed by atoms with Crippen molar-refractivity contribution in [3.8, 4) is 0 Å². The average molecular weight is 238 g/mol. The molecule has 0 unspecified atom stereocenters. The van der Waals surface area contributed by atoms with Crippen molar-refractivity contribution in [1.29, 1.82) is 0 Å². The molecule has 0 radical (unpaired) electrons. The Hall–Kier alpha value is -0.900. The fraction of sp³-hybridized carbons (Fsp3) is 0.667. The van der Waals surface area contributed by atoms with Gasteiger partial charge in [0.1, 0.15) is 4.88 Å². The number of aromatic nitrogens is 1. The van der Waals surface area contributed by atoms with Gasteiger partial charge in [0.05, 0.1) is 11.2 Å². The lowest BCUT2D eigenvalue weighted by atomic mass is 9.92. The first-order chi connectivity index (χ1) is 7.58. The van der Waals surface area contributed by atoms with Crippen LogP contribution in [0.3, 0.4) is 0 Å². The van der Waals surface area contributed by atoms with Gasteiger partial charge in [0, 0.05) is 13.1 Å². The van der Waals surface area contributed by atoms with Crippen LogP contribution < -0.4 is 0 Å². The van der Waals surface area contributed by atoms with Crippen LogP contribution in [0, 0.1) is 18.8 Å². The molecule has 2 heterocycles. The standard InChI is InChI=1S/C12H18N2OS/c1-8-4-9(2)6-14(5-8)12(15)11-10(3)13-7-16-11/h7-9H,4-6H2,1-3H3/t8-,9-/m1/s1. The van der Waals surface area contributed by atoms with Gasteiger partial charge in [-0.05, 0) is 25.2 Å². The maximum Gasteiger partial charge on any atom is 0.265 e. The number of likely N-dealkylation sites (tertiary alicyclic amines) is 1. The van der Waals surface area contributed by atoms with Crippen molar-refractivity contribution in [2.75, 3.05) is 13.1 Å². The molecular weight excluding hydrogens is 220 g/mol. The molecule has 1 saturated heterocycles. The number of rotatable bonds is 1. The van der Waals surface area contributed by atoms with Gasteiger partial charge in [0.15, 0.2) is 0 Å². The van der Waals surface area contributed by atoms with Crippen molar-refractivity contribution in [3.63, 3.8) is 0 Å². The smallest absolute Gasteiger partial charge is 0.265 e. The SMILES string of the molecule is Cc1ncsc1C(=O)N1C[C@H](C)C[C@@H](C)C1. The predicted octanol–water partition coefficient (Wildman–Crippen LogP) is 2.57. The highest BCUT2D eigenvalue weighted by molar-refractivity contribution is 7.11. The summed E-state index contributed by atoms with van der Waals surface area (Å²) in [6.45, 7) is 8.12. The van der Waals surface area contributed by atoms with Gasteiger partial charge in [0.2, 0.25) is 0 Å². The molecule has 1 aromatic heterocycles. The second kappa shape index (κ2) is 4.53. The molecule has 1 aliphatic rings. The Labute approximate surface area is 100 Å². The number of thiazole rings is 1. The molecule has 0 bridgehead atoms.